The predicted molar refractivity (Wildman–Crippen MR) is 95.5 cm³/mol. The quantitative estimate of drug-likeness (QED) is 0.745. The van der Waals surface area contributed by atoms with E-state index in [1.54, 1.807) is 0 Å². The molecule has 0 aliphatic carbocycles. The van der Waals surface area contributed by atoms with Gasteiger partial charge in [-0.15, -0.1) is 0 Å². The summed E-state index contributed by atoms with van der Waals surface area (Å²) in [5.74, 6) is 1.42. The van der Waals surface area contributed by atoms with Gasteiger partial charge in [-0.25, -0.2) is 4.98 Å². The molecule has 0 bridgehead atoms. The number of aryl methyl sites for hydroxylation is 1. The number of nitrogens with zero attached hydrogens (tertiary/aromatic N) is 2. The SMILES string of the molecule is CNc1nc(NCc2ccccc2C)cc(-c2ccccc2)n1. The molecule has 4 heteroatoms. The molecule has 2 aromatic carbocycles. The van der Waals surface area contributed by atoms with E-state index in [1.165, 1.54) is 11.1 Å². The third-order valence-corrected chi connectivity index (χ3v) is 3.74. The molecular weight excluding hydrogens is 284 g/mol. The summed E-state index contributed by atoms with van der Waals surface area (Å²) in [6.07, 6.45) is 0. The number of rotatable bonds is 5. The van der Waals surface area contributed by atoms with Crippen LogP contribution in [0.2, 0.25) is 0 Å². The van der Waals surface area contributed by atoms with E-state index in [9.17, 15) is 0 Å². The molecule has 0 fully saturated rings. The second kappa shape index (κ2) is 6.92. The first-order chi connectivity index (χ1) is 11.3. The number of hydrogen-bond donors (Lipinski definition) is 2. The standard InChI is InChI=1S/C19H20N4/c1-14-8-6-7-11-16(14)13-21-18-12-17(22-19(20-2)23-18)15-9-4-3-5-10-15/h3-12H,13H2,1-2H3,(H2,20,21,22,23). The first-order valence-electron chi connectivity index (χ1n) is 7.67. The minimum atomic E-state index is 0.610. The van der Waals surface area contributed by atoms with Crippen molar-refractivity contribution in [3.8, 4) is 11.3 Å². The number of nitrogens with one attached hydrogen (secondary N) is 2. The summed E-state index contributed by atoms with van der Waals surface area (Å²) in [6.45, 7) is 2.85. The normalized spacial score (nSPS) is 10.3. The van der Waals surface area contributed by atoms with Crippen molar-refractivity contribution in [3.05, 3.63) is 71.8 Å². The molecule has 0 spiro atoms. The number of aromatic nitrogens is 2. The summed E-state index contributed by atoms with van der Waals surface area (Å²) in [5.41, 5.74) is 4.51. The van der Waals surface area contributed by atoms with Crippen LogP contribution in [-0.4, -0.2) is 17.0 Å². The van der Waals surface area contributed by atoms with Gasteiger partial charge < -0.3 is 10.6 Å². The Hall–Kier alpha value is -2.88. The third kappa shape index (κ3) is 3.66. The lowest BCUT2D eigenvalue weighted by Crippen LogP contribution is -2.06. The molecule has 0 atom stereocenters. The van der Waals surface area contributed by atoms with Crippen molar-refractivity contribution >= 4 is 11.8 Å². The van der Waals surface area contributed by atoms with Crippen LogP contribution in [-0.2, 0) is 6.54 Å². The van der Waals surface area contributed by atoms with Crippen LogP contribution in [0, 0.1) is 6.92 Å². The van der Waals surface area contributed by atoms with Crippen molar-refractivity contribution in [2.24, 2.45) is 0 Å². The molecule has 0 aliphatic heterocycles. The molecule has 0 unspecified atom stereocenters. The summed E-state index contributed by atoms with van der Waals surface area (Å²) >= 11 is 0. The van der Waals surface area contributed by atoms with Gasteiger partial charge in [0.05, 0.1) is 5.69 Å². The van der Waals surface area contributed by atoms with Gasteiger partial charge in [0.15, 0.2) is 0 Å². The minimum absolute atomic E-state index is 0.610. The summed E-state index contributed by atoms with van der Waals surface area (Å²) in [5, 5.41) is 6.42. The van der Waals surface area contributed by atoms with Crippen molar-refractivity contribution < 1.29 is 0 Å². The Morgan fingerprint density at radius 1 is 0.913 bits per heavy atom. The molecule has 1 heterocycles. The zero-order valence-electron chi connectivity index (χ0n) is 13.4. The van der Waals surface area contributed by atoms with Crippen LogP contribution < -0.4 is 10.6 Å². The Kier molecular flexibility index (Phi) is 4.52. The fourth-order valence-corrected chi connectivity index (χ4v) is 2.40. The molecule has 2 N–H and O–H groups in total. The van der Waals surface area contributed by atoms with Crippen LogP contribution in [0.3, 0.4) is 0 Å². The average molecular weight is 304 g/mol. The van der Waals surface area contributed by atoms with E-state index in [0.29, 0.717) is 5.95 Å². The van der Waals surface area contributed by atoms with Gasteiger partial charge in [0.2, 0.25) is 5.95 Å². The molecule has 0 saturated heterocycles. The van der Waals surface area contributed by atoms with E-state index in [-0.39, 0.29) is 0 Å². The maximum Gasteiger partial charge on any atom is 0.224 e. The van der Waals surface area contributed by atoms with Gasteiger partial charge in [0, 0.05) is 25.2 Å². The first-order valence-corrected chi connectivity index (χ1v) is 7.67. The van der Waals surface area contributed by atoms with E-state index in [0.717, 1.165) is 23.6 Å². The highest BCUT2D eigenvalue weighted by Gasteiger charge is 2.06. The lowest BCUT2D eigenvalue weighted by atomic mass is 10.1. The first kappa shape index (κ1) is 15.0. The Morgan fingerprint density at radius 3 is 2.39 bits per heavy atom. The molecule has 3 rings (SSSR count). The van der Waals surface area contributed by atoms with Gasteiger partial charge >= 0.3 is 0 Å². The molecular formula is C19H20N4. The van der Waals surface area contributed by atoms with Crippen molar-refractivity contribution in [2.45, 2.75) is 13.5 Å². The molecule has 0 radical (unpaired) electrons. The molecule has 3 aromatic rings. The fraction of sp³-hybridized carbons (Fsp3) is 0.158. The second-order valence-electron chi connectivity index (χ2n) is 5.36. The Bertz CT molecular complexity index is 784. The lowest BCUT2D eigenvalue weighted by molar-refractivity contribution is 1.07. The number of benzene rings is 2. The van der Waals surface area contributed by atoms with E-state index in [2.05, 4.69) is 51.8 Å². The monoisotopic (exact) mass is 304 g/mol. The molecule has 0 amide bonds. The highest BCUT2D eigenvalue weighted by atomic mass is 15.1. The molecule has 0 aliphatic rings. The van der Waals surface area contributed by atoms with Gasteiger partial charge in [0.1, 0.15) is 5.82 Å². The second-order valence-corrected chi connectivity index (χ2v) is 5.36. The summed E-state index contributed by atoms with van der Waals surface area (Å²) < 4.78 is 0. The third-order valence-electron chi connectivity index (χ3n) is 3.74. The molecule has 0 saturated carbocycles. The van der Waals surface area contributed by atoms with Crippen molar-refractivity contribution in [1.82, 2.24) is 9.97 Å². The van der Waals surface area contributed by atoms with Gasteiger partial charge in [-0.3, -0.25) is 0 Å². The zero-order valence-corrected chi connectivity index (χ0v) is 13.4. The summed E-state index contributed by atoms with van der Waals surface area (Å²) in [6, 6.07) is 20.4. The van der Waals surface area contributed by atoms with Crippen LogP contribution in [0.25, 0.3) is 11.3 Å². The van der Waals surface area contributed by atoms with Gasteiger partial charge in [-0.1, -0.05) is 54.6 Å². The Balaban J connectivity index is 1.86. The fourth-order valence-electron chi connectivity index (χ4n) is 2.40. The van der Waals surface area contributed by atoms with Crippen LogP contribution in [0.4, 0.5) is 11.8 Å². The van der Waals surface area contributed by atoms with Crippen molar-refractivity contribution in [3.63, 3.8) is 0 Å². The van der Waals surface area contributed by atoms with Crippen LogP contribution in [0.1, 0.15) is 11.1 Å². The number of anilines is 2. The van der Waals surface area contributed by atoms with E-state index >= 15 is 0 Å². The van der Waals surface area contributed by atoms with Crippen LogP contribution >= 0.6 is 0 Å². The maximum atomic E-state index is 4.53. The van der Waals surface area contributed by atoms with E-state index < -0.39 is 0 Å². The largest absolute Gasteiger partial charge is 0.366 e. The minimum Gasteiger partial charge on any atom is -0.366 e. The zero-order chi connectivity index (χ0) is 16.1. The summed E-state index contributed by atoms with van der Waals surface area (Å²) in [4.78, 5) is 9.02. The van der Waals surface area contributed by atoms with Crippen LogP contribution in [0.5, 0.6) is 0 Å². The van der Waals surface area contributed by atoms with Crippen molar-refractivity contribution in [2.75, 3.05) is 17.7 Å². The smallest absolute Gasteiger partial charge is 0.224 e. The Labute approximate surface area is 136 Å². The topological polar surface area (TPSA) is 49.8 Å². The summed E-state index contributed by atoms with van der Waals surface area (Å²) in [7, 11) is 1.83. The molecule has 4 nitrogen and oxygen atoms in total. The molecule has 116 valence electrons. The number of hydrogen-bond acceptors (Lipinski definition) is 4. The average Bonchev–Trinajstić information content (AvgIpc) is 2.61. The van der Waals surface area contributed by atoms with Gasteiger partial charge in [-0.05, 0) is 18.1 Å². The maximum absolute atomic E-state index is 4.53. The highest BCUT2D eigenvalue weighted by molar-refractivity contribution is 5.64. The van der Waals surface area contributed by atoms with E-state index in [4.69, 9.17) is 0 Å². The molecule has 23 heavy (non-hydrogen) atoms. The van der Waals surface area contributed by atoms with Gasteiger partial charge in [0.25, 0.3) is 0 Å². The van der Waals surface area contributed by atoms with Gasteiger partial charge in [-0.2, -0.15) is 4.98 Å². The predicted octanol–water partition coefficient (Wildman–Crippen LogP) is 4.11. The highest BCUT2D eigenvalue weighted by Crippen LogP contribution is 2.21. The van der Waals surface area contributed by atoms with Crippen LogP contribution in [0.15, 0.2) is 60.7 Å². The Morgan fingerprint density at radius 2 is 1.65 bits per heavy atom. The van der Waals surface area contributed by atoms with E-state index in [1.807, 2.05) is 43.4 Å². The molecule has 1 aromatic heterocycles. The lowest BCUT2D eigenvalue weighted by Gasteiger charge is -2.11. The van der Waals surface area contributed by atoms with Crippen molar-refractivity contribution in [1.29, 1.82) is 0 Å².